The zero-order valence-corrected chi connectivity index (χ0v) is 14.6. The maximum atomic E-state index is 13.1. The van der Waals surface area contributed by atoms with Crippen LogP contribution >= 0.6 is 34.7 Å². The van der Waals surface area contributed by atoms with E-state index in [-0.39, 0.29) is 21.6 Å². The maximum Gasteiger partial charge on any atom is 0.255 e. The van der Waals surface area contributed by atoms with Gasteiger partial charge in [0, 0.05) is 26.2 Å². The van der Waals surface area contributed by atoms with Crippen LogP contribution in [0.2, 0.25) is 10.2 Å². The Labute approximate surface area is 152 Å². The molecule has 124 valence electrons. The minimum absolute atomic E-state index is 0.100. The molecule has 24 heavy (non-hydrogen) atoms. The molecular weight excluding hydrogens is 374 g/mol. The highest BCUT2D eigenvalue weighted by atomic mass is 35.5. The highest BCUT2D eigenvalue weighted by Gasteiger charge is 2.26. The van der Waals surface area contributed by atoms with Crippen LogP contribution in [0.1, 0.15) is 15.9 Å². The first-order chi connectivity index (χ1) is 11.5. The van der Waals surface area contributed by atoms with Gasteiger partial charge in [-0.15, -0.1) is 0 Å². The van der Waals surface area contributed by atoms with E-state index in [1.807, 2.05) is 4.90 Å². The third kappa shape index (κ3) is 3.18. The zero-order valence-electron chi connectivity index (χ0n) is 12.3. The minimum atomic E-state index is -0.479. The summed E-state index contributed by atoms with van der Waals surface area (Å²) in [4.78, 5) is 16.2. The van der Waals surface area contributed by atoms with Gasteiger partial charge in [-0.1, -0.05) is 23.2 Å². The Kier molecular flexibility index (Phi) is 4.90. The smallest absolute Gasteiger partial charge is 0.255 e. The number of nitrogens with zero attached hydrogens (tertiary/aromatic N) is 4. The van der Waals surface area contributed by atoms with Gasteiger partial charge in [0.25, 0.3) is 5.91 Å². The molecule has 1 fully saturated rings. The van der Waals surface area contributed by atoms with E-state index in [2.05, 4.69) is 10.4 Å². The van der Waals surface area contributed by atoms with E-state index in [0.29, 0.717) is 31.7 Å². The van der Waals surface area contributed by atoms with Crippen LogP contribution in [0.5, 0.6) is 0 Å². The van der Waals surface area contributed by atoms with Crippen LogP contribution in [0.15, 0.2) is 18.2 Å². The number of halogens is 3. The van der Waals surface area contributed by atoms with Crippen molar-refractivity contribution < 1.29 is 9.18 Å². The summed E-state index contributed by atoms with van der Waals surface area (Å²) in [6.45, 7) is 2.04. The molecule has 9 heteroatoms. The summed E-state index contributed by atoms with van der Waals surface area (Å²) in [5.74, 6) is -0.713. The van der Waals surface area contributed by atoms with E-state index < -0.39 is 5.82 Å². The standard InChI is InChI=1S/C15H11Cl2FN4OS/c16-12-7-9(18)1-2-10(12)14(23)21-3-5-22(6-4-21)15-11(8-19)13(17)20-24-15/h1-2,7H,3-6H2. The second-order valence-electron chi connectivity index (χ2n) is 5.17. The summed E-state index contributed by atoms with van der Waals surface area (Å²) in [7, 11) is 0. The van der Waals surface area contributed by atoms with Crippen molar-refractivity contribution in [3.8, 4) is 6.07 Å². The highest BCUT2D eigenvalue weighted by molar-refractivity contribution is 7.10. The van der Waals surface area contributed by atoms with Gasteiger partial charge in [0.2, 0.25) is 0 Å². The third-order valence-electron chi connectivity index (χ3n) is 3.76. The zero-order chi connectivity index (χ0) is 17.3. The van der Waals surface area contributed by atoms with Crippen molar-refractivity contribution in [2.45, 2.75) is 0 Å². The van der Waals surface area contributed by atoms with Crippen molar-refractivity contribution >= 4 is 45.6 Å². The van der Waals surface area contributed by atoms with Gasteiger partial charge in [0.05, 0.1) is 10.6 Å². The van der Waals surface area contributed by atoms with Gasteiger partial charge in [0.1, 0.15) is 22.5 Å². The number of hydrogen-bond acceptors (Lipinski definition) is 5. The summed E-state index contributed by atoms with van der Waals surface area (Å²) in [5.41, 5.74) is 0.646. The van der Waals surface area contributed by atoms with Gasteiger partial charge >= 0.3 is 0 Å². The molecule has 5 nitrogen and oxygen atoms in total. The second kappa shape index (κ2) is 6.93. The topological polar surface area (TPSA) is 60.2 Å². The number of rotatable bonds is 2. The first-order valence-corrected chi connectivity index (χ1v) is 8.58. The second-order valence-corrected chi connectivity index (χ2v) is 6.69. The number of amides is 1. The Hall–Kier alpha value is -1.88. The van der Waals surface area contributed by atoms with Crippen molar-refractivity contribution in [3.63, 3.8) is 0 Å². The van der Waals surface area contributed by atoms with Crippen LogP contribution in [0, 0.1) is 17.1 Å². The number of anilines is 1. The molecule has 0 bridgehead atoms. The van der Waals surface area contributed by atoms with Crippen LogP contribution in [-0.4, -0.2) is 41.4 Å². The van der Waals surface area contributed by atoms with Gasteiger partial charge < -0.3 is 9.80 Å². The SMILES string of the molecule is N#Cc1c(Cl)nsc1N1CCN(C(=O)c2ccc(F)cc2Cl)CC1. The van der Waals surface area contributed by atoms with Crippen molar-refractivity contribution in [1.82, 2.24) is 9.27 Å². The molecule has 0 radical (unpaired) electrons. The average molecular weight is 385 g/mol. The number of hydrogen-bond donors (Lipinski definition) is 0. The van der Waals surface area contributed by atoms with E-state index in [1.165, 1.54) is 23.7 Å². The molecule has 0 spiro atoms. The fraction of sp³-hybridized carbons (Fsp3) is 0.267. The molecule has 0 unspecified atom stereocenters. The maximum absolute atomic E-state index is 13.1. The predicted molar refractivity (Wildman–Crippen MR) is 91.4 cm³/mol. The lowest BCUT2D eigenvalue weighted by Gasteiger charge is -2.35. The van der Waals surface area contributed by atoms with Crippen LogP contribution in [0.4, 0.5) is 9.39 Å². The average Bonchev–Trinajstić information content (AvgIpc) is 2.95. The molecule has 3 rings (SSSR count). The molecule has 1 saturated heterocycles. The Morgan fingerprint density at radius 2 is 2.00 bits per heavy atom. The quantitative estimate of drug-likeness (QED) is 0.795. The third-order valence-corrected chi connectivity index (χ3v) is 5.36. The molecule has 0 N–H and O–H groups in total. The largest absolute Gasteiger partial charge is 0.358 e. The number of benzene rings is 1. The minimum Gasteiger partial charge on any atom is -0.358 e. The highest BCUT2D eigenvalue weighted by Crippen LogP contribution is 2.32. The van der Waals surface area contributed by atoms with Crippen LogP contribution in [-0.2, 0) is 0 Å². The van der Waals surface area contributed by atoms with E-state index in [0.717, 1.165) is 11.1 Å². The summed E-state index contributed by atoms with van der Waals surface area (Å²) >= 11 is 13.0. The Bertz CT molecular complexity index is 827. The van der Waals surface area contributed by atoms with Crippen LogP contribution in [0.25, 0.3) is 0 Å². The summed E-state index contributed by atoms with van der Waals surface area (Å²) in [6, 6.07) is 5.79. The van der Waals surface area contributed by atoms with E-state index >= 15 is 0 Å². The normalized spacial score (nSPS) is 14.6. The molecule has 2 aromatic rings. The van der Waals surface area contributed by atoms with Crippen molar-refractivity contribution in [2.24, 2.45) is 0 Å². The van der Waals surface area contributed by atoms with Gasteiger partial charge in [0.15, 0.2) is 5.15 Å². The summed E-state index contributed by atoms with van der Waals surface area (Å²) < 4.78 is 17.1. The fourth-order valence-electron chi connectivity index (χ4n) is 2.52. The van der Waals surface area contributed by atoms with Gasteiger partial charge in [-0.25, -0.2) is 4.39 Å². The first kappa shape index (κ1) is 17.0. The fourth-order valence-corrected chi connectivity index (χ4v) is 3.85. The molecule has 0 saturated carbocycles. The molecule has 1 aliphatic heterocycles. The van der Waals surface area contributed by atoms with Crippen LogP contribution in [0.3, 0.4) is 0 Å². The van der Waals surface area contributed by atoms with Gasteiger partial charge in [-0.2, -0.15) is 9.64 Å². The van der Waals surface area contributed by atoms with Gasteiger partial charge in [-0.3, -0.25) is 4.79 Å². The lowest BCUT2D eigenvalue weighted by Crippen LogP contribution is -2.48. The number of nitriles is 1. The molecule has 0 atom stereocenters. The van der Waals surface area contributed by atoms with Crippen molar-refractivity contribution in [1.29, 1.82) is 5.26 Å². The Morgan fingerprint density at radius 3 is 2.62 bits per heavy atom. The molecular formula is C15H11Cl2FN4OS. The lowest BCUT2D eigenvalue weighted by atomic mass is 10.1. The monoisotopic (exact) mass is 384 g/mol. The molecule has 1 aromatic carbocycles. The number of piperazine rings is 1. The van der Waals surface area contributed by atoms with Gasteiger partial charge in [-0.05, 0) is 29.7 Å². The Morgan fingerprint density at radius 1 is 1.29 bits per heavy atom. The molecule has 0 aliphatic carbocycles. The predicted octanol–water partition coefficient (Wildman–Crippen LogP) is 3.42. The lowest BCUT2D eigenvalue weighted by molar-refractivity contribution is 0.0747. The molecule has 1 aromatic heterocycles. The molecule has 2 heterocycles. The molecule has 1 aliphatic rings. The number of aromatic nitrogens is 1. The van der Waals surface area contributed by atoms with E-state index in [1.54, 1.807) is 4.90 Å². The Balaban J connectivity index is 1.71. The summed E-state index contributed by atoms with van der Waals surface area (Å²) in [5, 5.41) is 10.2. The molecule has 1 amide bonds. The van der Waals surface area contributed by atoms with Crippen molar-refractivity contribution in [2.75, 3.05) is 31.1 Å². The van der Waals surface area contributed by atoms with Crippen LogP contribution < -0.4 is 4.90 Å². The first-order valence-electron chi connectivity index (χ1n) is 7.06. The van der Waals surface area contributed by atoms with E-state index in [9.17, 15) is 9.18 Å². The number of carbonyl (C=O) groups excluding carboxylic acids is 1. The summed E-state index contributed by atoms with van der Waals surface area (Å²) in [6.07, 6.45) is 0. The number of carbonyl (C=O) groups is 1. The van der Waals surface area contributed by atoms with E-state index in [4.69, 9.17) is 28.5 Å². The van der Waals surface area contributed by atoms with Crippen molar-refractivity contribution in [3.05, 3.63) is 45.3 Å².